The van der Waals surface area contributed by atoms with Gasteiger partial charge in [0.2, 0.25) is 0 Å². The molecule has 2 fully saturated rings. The fourth-order valence-corrected chi connectivity index (χ4v) is 1.96. The molecule has 0 aromatic heterocycles. The minimum Gasteiger partial charge on any atom is -0.378 e. The van der Waals surface area contributed by atoms with E-state index in [1.165, 1.54) is 25.9 Å². The third kappa shape index (κ3) is 1.42. The Morgan fingerprint density at radius 1 is 1.45 bits per heavy atom. The molecule has 0 unspecified atom stereocenters. The molecule has 2 aliphatic rings. The molecule has 0 aromatic rings. The topological polar surface area (TPSA) is 12.5 Å². The molecule has 0 spiro atoms. The van der Waals surface area contributed by atoms with Gasteiger partial charge in [-0.15, -0.1) is 0 Å². The van der Waals surface area contributed by atoms with Crippen LogP contribution in [-0.2, 0) is 4.74 Å². The second-order valence-electron chi connectivity index (χ2n) is 3.75. The van der Waals surface area contributed by atoms with Gasteiger partial charge < -0.3 is 4.74 Å². The van der Waals surface area contributed by atoms with E-state index in [4.69, 9.17) is 4.74 Å². The van der Waals surface area contributed by atoms with E-state index < -0.39 is 0 Å². The fraction of sp³-hybridized carbons (Fsp3) is 1.00. The number of rotatable bonds is 2. The maximum absolute atomic E-state index is 5.17. The molecule has 0 radical (unpaired) electrons. The van der Waals surface area contributed by atoms with Crippen LogP contribution in [0.2, 0.25) is 0 Å². The quantitative estimate of drug-likeness (QED) is 0.592. The van der Waals surface area contributed by atoms with Gasteiger partial charge in [-0.1, -0.05) is 13.3 Å². The molecule has 0 aliphatic carbocycles. The zero-order valence-electron chi connectivity index (χ0n) is 7.25. The van der Waals surface area contributed by atoms with Gasteiger partial charge >= 0.3 is 0 Å². The summed E-state index contributed by atoms with van der Waals surface area (Å²) in [5.74, 6) is 0.968. The van der Waals surface area contributed by atoms with Gasteiger partial charge in [0.1, 0.15) is 0 Å². The van der Waals surface area contributed by atoms with Crippen molar-refractivity contribution in [1.29, 1.82) is 0 Å². The molecule has 0 amide bonds. The van der Waals surface area contributed by atoms with Crippen molar-refractivity contribution in [2.75, 3.05) is 26.3 Å². The standard InChI is InChI=1S/C9H17NO/c1-2-8-3-4-10(5-8)9-6-11-7-9/h8-9H,2-7H2,1H3/t8-/m0/s1. The Hall–Kier alpha value is -0.0800. The Bertz CT molecular complexity index is 134. The van der Waals surface area contributed by atoms with E-state index >= 15 is 0 Å². The van der Waals surface area contributed by atoms with Crippen molar-refractivity contribution in [3.05, 3.63) is 0 Å². The second kappa shape index (κ2) is 3.11. The fourth-order valence-electron chi connectivity index (χ4n) is 1.96. The lowest BCUT2D eigenvalue weighted by molar-refractivity contribution is -0.0580. The van der Waals surface area contributed by atoms with Crippen LogP contribution in [0.3, 0.4) is 0 Å². The third-order valence-corrected chi connectivity index (χ3v) is 3.03. The van der Waals surface area contributed by atoms with Crippen molar-refractivity contribution in [3.63, 3.8) is 0 Å². The summed E-state index contributed by atoms with van der Waals surface area (Å²) < 4.78 is 5.17. The number of ether oxygens (including phenoxy) is 1. The van der Waals surface area contributed by atoms with Gasteiger partial charge in [0.15, 0.2) is 0 Å². The van der Waals surface area contributed by atoms with E-state index in [0.29, 0.717) is 0 Å². The molecule has 2 heteroatoms. The molecule has 2 heterocycles. The summed E-state index contributed by atoms with van der Waals surface area (Å²) in [5, 5.41) is 0. The third-order valence-electron chi connectivity index (χ3n) is 3.03. The molecule has 0 N–H and O–H groups in total. The summed E-state index contributed by atoms with van der Waals surface area (Å²) >= 11 is 0. The van der Waals surface area contributed by atoms with Gasteiger partial charge in [0.05, 0.1) is 19.3 Å². The van der Waals surface area contributed by atoms with Crippen molar-refractivity contribution in [2.45, 2.75) is 25.8 Å². The largest absolute Gasteiger partial charge is 0.378 e. The molecule has 1 atom stereocenters. The van der Waals surface area contributed by atoms with Crippen molar-refractivity contribution in [3.8, 4) is 0 Å². The Balaban J connectivity index is 1.79. The first kappa shape index (κ1) is 7.56. The highest BCUT2D eigenvalue weighted by Crippen LogP contribution is 2.23. The average molecular weight is 155 g/mol. The van der Waals surface area contributed by atoms with Crippen molar-refractivity contribution in [1.82, 2.24) is 4.90 Å². The predicted octanol–water partition coefficient (Wildman–Crippen LogP) is 1.12. The van der Waals surface area contributed by atoms with E-state index in [1.807, 2.05) is 0 Å². The normalized spacial score (nSPS) is 34.1. The Morgan fingerprint density at radius 2 is 2.27 bits per heavy atom. The Labute approximate surface area is 68.5 Å². The smallest absolute Gasteiger partial charge is 0.0645 e. The molecular weight excluding hydrogens is 138 g/mol. The lowest BCUT2D eigenvalue weighted by atomic mass is 10.1. The molecule has 11 heavy (non-hydrogen) atoms. The van der Waals surface area contributed by atoms with E-state index in [9.17, 15) is 0 Å². The molecule has 2 rings (SSSR count). The van der Waals surface area contributed by atoms with Crippen LogP contribution in [0.15, 0.2) is 0 Å². The van der Waals surface area contributed by atoms with Crippen molar-refractivity contribution < 1.29 is 4.74 Å². The first-order valence-electron chi connectivity index (χ1n) is 4.72. The summed E-state index contributed by atoms with van der Waals surface area (Å²) in [6, 6.07) is 0.770. The van der Waals surface area contributed by atoms with Crippen molar-refractivity contribution in [2.24, 2.45) is 5.92 Å². The molecular formula is C9H17NO. The zero-order chi connectivity index (χ0) is 7.68. The van der Waals surface area contributed by atoms with E-state index in [2.05, 4.69) is 11.8 Å². The zero-order valence-corrected chi connectivity index (χ0v) is 7.25. The van der Waals surface area contributed by atoms with Crippen LogP contribution >= 0.6 is 0 Å². The van der Waals surface area contributed by atoms with E-state index in [1.54, 1.807) is 0 Å². The minimum absolute atomic E-state index is 0.770. The number of nitrogens with zero attached hydrogens (tertiary/aromatic N) is 1. The van der Waals surface area contributed by atoms with Crippen LogP contribution < -0.4 is 0 Å². The number of hydrogen-bond acceptors (Lipinski definition) is 2. The van der Waals surface area contributed by atoms with Gasteiger partial charge in [0.25, 0.3) is 0 Å². The van der Waals surface area contributed by atoms with Crippen LogP contribution in [0.5, 0.6) is 0 Å². The first-order chi connectivity index (χ1) is 5.40. The SMILES string of the molecule is CC[C@H]1CCN(C2COC2)C1. The molecule has 0 aromatic carbocycles. The average Bonchev–Trinajstić information content (AvgIpc) is 2.32. The van der Waals surface area contributed by atoms with Gasteiger partial charge in [-0.25, -0.2) is 0 Å². The van der Waals surface area contributed by atoms with Gasteiger partial charge in [-0.05, 0) is 18.9 Å². The summed E-state index contributed by atoms with van der Waals surface area (Å²) in [4.78, 5) is 2.59. The summed E-state index contributed by atoms with van der Waals surface area (Å²) in [7, 11) is 0. The second-order valence-corrected chi connectivity index (χ2v) is 3.75. The highest BCUT2D eigenvalue weighted by Gasteiger charge is 2.31. The summed E-state index contributed by atoms with van der Waals surface area (Å²) in [6.45, 7) is 6.90. The number of hydrogen-bond donors (Lipinski definition) is 0. The van der Waals surface area contributed by atoms with E-state index in [0.717, 1.165) is 25.2 Å². The van der Waals surface area contributed by atoms with Crippen LogP contribution in [0.1, 0.15) is 19.8 Å². The molecule has 2 nitrogen and oxygen atoms in total. The Kier molecular flexibility index (Phi) is 2.14. The van der Waals surface area contributed by atoms with Gasteiger partial charge in [0, 0.05) is 6.54 Å². The summed E-state index contributed by atoms with van der Waals surface area (Å²) in [5.41, 5.74) is 0. The molecule has 0 bridgehead atoms. The van der Waals surface area contributed by atoms with Gasteiger partial charge in [-0.3, -0.25) is 4.90 Å². The lowest BCUT2D eigenvalue weighted by Gasteiger charge is -2.34. The van der Waals surface area contributed by atoms with Crippen LogP contribution in [-0.4, -0.2) is 37.2 Å². The molecule has 2 aliphatic heterocycles. The first-order valence-corrected chi connectivity index (χ1v) is 4.72. The van der Waals surface area contributed by atoms with Gasteiger partial charge in [-0.2, -0.15) is 0 Å². The van der Waals surface area contributed by atoms with Crippen LogP contribution in [0.4, 0.5) is 0 Å². The van der Waals surface area contributed by atoms with E-state index in [-0.39, 0.29) is 0 Å². The monoisotopic (exact) mass is 155 g/mol. The van der Waals surface area contributed by atoms with Crippen LogP contribution in [0, 0.1) is 5.92 Å². The maximum atomic E-state index is 5.17. The summed E-state index contributed by atoms with van der Waals surface area (Å²) in [6.07, 6.45) is 2.76. The highest BCUT2D eigenvalue weighted by atomic mass is 16.5. The minimum atomic E-state index is 0.770. The van der Waals surface area contributed by atoms with Crippen LogP contribution in [0.25, 0.3) is 0 Å². The molecule has 0 saturated carbocycles. The maximum Gasteiger partial charge on any atom is 0.0645 e. The highest BCUT2D eigenvalue weighted by molar-refractivity contribution is 4.84. The lowest BCUT2D eigenvalue weighted by Crippen LogP contribution is -2.47. The van der Waals surface area contributed by atoms with Crippen molar-refractivity contribution >= 4 is 0 Å². The predicted molar refractivity (Wildman–Crippen MR) is 44.6 cm³/mol. The Morgan fingerprint density at radius 3 is 2.73 bits per heavy atom. The molecule has 64 valence electrons. The number of likely N-dealkylation sites (tertiary alicyclic amines) is 1. The molecule has 2 saturated heterocycles.